The van der Waals surface area contributed by atoms with Gasteiger partial charge in [-0.1, -0.05) is 12.1 Å². The van der Waals surface area contributed by atoms with Gasteiger partial charge in [0.1, 0.15) is 5.82 Å². The van der Waals surface area contributed by atoms with Crippen molar-refractivity contribution in [2.24, 2.45) is 0 Å². The van der Waals surface area contributed by atoms with Gasteiger partial charge in [-0.3, -0.25) is 0 Å². The summed E-state index contributed by atoms with van der Waals surface area (Å²) in [6, 6.07) is 3.73. The van der Waals surface area contributed by atoms with E-state index in [0.29, 0.717) is 0 Å². The van der Waals surface area contributed by atoms with E-state index >= 15 is 0 Å². The van der Waals surface area contributed by atoms with Crippen LogP contribution in [0.3, 0.4) is 0 Å². The molecule has 70 valence electrons. The third-order valence-corrected chi connectivity index (χ3v) is 2.15. The van der Waals surface area contributed by atoms with Crippen LogP contribution in [0.25, 0.3) is 0 Å². The van der Waals surface area contributed by atoms with Crippen molar-refractivity contribution in [1.82, 2.24) is 0 Å². The second-order valence-electron chi connectivity index (χ2n) is 3.04. The maximum absolute atomic E-state index is 13.2. The molecule has 0 aromatic heterocycles. The molecule has 0 unspecified atom stereocenters. The van der Waals surface area contributed by atoms with E-state index in [1.165, 1.54) is 18.2 Å². The minimum Gasteiger partial charge on any atom is -0.382 e. The number of rotatable bonds is 0. The lowest BCUT2D eigenvalue weighted by atomic mass is 9.99. The van der Waals surface area contributed by atoms with Crippen LogP contribution in [-0.4, -0.2) is 6.54 Å². The maximum atomic E-state index is 13.2. The summed E-state index contributed by atoms with van der Waals surface area (Å²) in [5.41, 5.74) is -0.294. The second kappa shape index (κ2) is 2.65. The Labute approximate surface area is 73.6 Å². The Bertz CT molecular complexity index is 336. The van der Waals surface area contributed by atoms with Gasteiger partial charge in [0.25, 0.3) is 5.92 Å². The van der Waals surface area contributed by atoms with Gasteiger partial charge in [0.2, 0.25) is 0 Å². The molecule has 0 aliphatic carbocycles. The first-order valence-electron chi connectivity index (χ1n) is 4.02. The Morgan fingerprint density at radius 1 is 1.31 bits per heavy atom. The number of hydrogen-bond donors (Lipinski definition) is 1. The lowest BCUT2D eigenvalue weighted by Gasteiger charge is -2.26. The van der Waals surface area contributed by atoms with Crippen LogP contribution in [0, 0.1) is 5.82 Å². The minimum absolute atomic E-state index is 0.0567. The number of anilines is 1. The molecule has 0 bridgehead atoms. The second-order valence-corrected chi connectivity index (χ2v) is 3.04. The van der Waals surface area contributed by atoms with E-state index in [1.54, 1.807) is 0 Å². The number of benzene rings is 1. The van der Waals surface area contributed by atoms with Gasteiger partial charge in [0.05, 0.1) is 5.69 Å². The summed E-state index contributed by atoms with van der Waals surface area (Å²) in [5, 5.41) is 2.63. The first-order valence-corrected chi connectivity index (χ1v) is 4.02. The fraction of sp³-hybridized carbons (Fsp3) is 0.333. The zero-order valence-corrected chi connectivity index (χ0v) is 6.78. The molecule has 13 heavy (non-hydrogen) atoms. The van der Waals surface area contributed by atoms with Crippen LogP contribution in [0.15, 0.2) is 18.2 Å². The predicted octanol–water partition coefficient (Wildman–Crippen LogP) is 2.73. The molecule has 1 aromatic carbocycles. The number of fused-ring (bicyclic) bond motifs is 1. The highest BCUT2D eigenvalue weighted by atomic mass is 19.3. The van der Waals surface area contributed by atoms with Crippen molar-refractivity contribution in [1.29, 1.82) is 0 Å². The molecule has 0 fully saturated rings. The van der Waals surface area contributed by atoms with Crippen LogP contribution in [0.4, 0.5) is 18.9 Å². The van der Waals surface area contributed by atoms with Crippen molar-refractivity contribution in [2.75, 3.05) is 11.9 Å². The number of alkyl halides is 2. The van der Waals surface area contributed by atoms with Gasteiger partial charge in [0, 0.05) is 18.5 Å². The van der Waals surface area contributed by atoms with Crippen molar-refractivity contribution in [2.45, 2.75) is 12.3 Å². The van der Waals surface area contributed by atoms with Crippen LogP contribution in [0.1, 0.15) is 12.0 Å². The smallest absolute Gasteiger partial charge is 0.277 e. The van der Waals surface area contributed by atoms with E-state index in [0.717, 1.165) is 0 Å². The first kappa shape index (κ1) is 8.41. The topological polar surface area (TPSA) is 12.0 Å². The summed E-state index contributed by atoms with van der Waals surface area (Å²) in [5.74, 6) is -3.51. The lowest BCUT2D eigenvalue weighted by molar-refractivity contribution is -0.0126. The monoisotopic (exact) mass is 187 g/mol. The molecule has 0 radical (unpaired) electrons. The molecule has 0 spiro atoms. The summed E-state index contributed by atoms with van der Waals surface area (Å²) in [6.07, 6.45) is -0.274. The number of nitrogens with one attached hydrogen (secondary N) is 1. The highest BCUT2D eigenvalue weighted by Gasteiger charge is 2.37. The van der Waals surface area contributed by atoms with Gasteiger partial charge in [-0.05, 0) is 6.07 Å². The zero-order valence-electron chi connectivity index (χ0n) is 6.78. The molecule has 4 heteroatoms. The maximum Gasteiger partial charge on any atom is 0.277 e. The van der Waals surface area contributed by atoms with Crippen molar-refractivity contribution < 1.29 is 13.2 Å². The van der Waals surface area contributed by atoms with Crippen LogP contribution >= 0.6 is 0 Å². The molecule has 0 saturated heterocycles. The van der Waals surface area contributed by atoms with E-state index in [4.69, 9.17) is 0 Å². The fourth-order valence-corrected chi connectivity index (χ4v) is 1.49. The normalized spacial score (nSPS) is 19.0. The molecule has 1 aromatic rings. The van der Waals surface area contributed by atoms with Gasteiger partial charge in [-0.15, -0.1) is 0 Å². The summed E-state index contributed by atoms with van der Waals surface area (Å²) in [4.78, 5) is 0. The van der Waals surface area contributed by atoms with Crippen molar-refractivity contribution in [3.05, 3.63) is 29.6 Å². The van der Waals surface area contributed by atoms with Crippen molar-refractivity contribution in [3.63, 3.8) is 0 Å². The Kier molecular flexibility index (Phi) is 1.71. The minimum atomic E-state index is -2.90. The molecule has 1 aliphatic heterocycles. The lowest BCUT2D eigenvalue weighted by Crippen LogP contribution is -2.26. The van der Waals surface area contributed by atoms with E-state index in [-0.39, 0.29) is 24.2 Å². The molecular formula is C9H8F3N. The summed E-state index contributed by atoms with van der Waals surface area (Å²) in [6.45, 7) is 0.112. The Morgan fingerprint density at radius 2 is 2.08 bits per heavy atom. The predicted molar refractivity (Wildman–Crippen MR) is 43.4 cm³/mol. The van der Waals surface area contributed by atoms with Crippen LogP contribution in [0.5, 0.6) is 0 Å². The fourth-order valence-electron chi connectivity index (χ4n) is 1.49. The highest BCUT2D eigenvalue weighted by Crippen LogP contribution is 2.40. The largest absolute Gasteiger partial charge is 0.382 e. The van der Waals surface area contributed by atoms with Gasteiger partial charge in [-0.2, -0.15) is 0 Å². The van der Waals surface area contributed by atoms with E-state index in [9.17, 15) is 13.2 Å². The number of halogens is 3. The average molecular weight is 187 g/mol. The molecule has 0 atom stereocenters. The van der Waals surface area contributed by atoms with E-state index in [1.807, 2.05) is 0 Å². The molecule has 0 amide bonds. The quantitative estimate of drug-likeness (QED) is 0.658. The SMILES string of the molecule is Fc1cccc2c1NCCC2(F)F. The van der Waals surface area contributed by atoms with E-state index < -0.39 is 11.7 Å². The Balaban J connectivity index is 2.58. The van der Waals surface area contributed by atoms with E-state index in [2.05, 4.69) is 5.32 Å². The first-order chi connectivity index (χ1) is 6.11. The molecule has 0 saturated carbocycles. The Hall–Kier alpha value is -1.19. The molecule has 1 heterocycles. The third kappa shape index (κ3) is 1.26. The number of para-hydroxylation sites is 1. The molecule has 2 rings (SSSR count). The number of hydrogen-bond acceptors (Lipinski definition) is 1. The van der Waals surface area contributed by atoms with Crippen LogP contribution in [-0.2, 0) is 5.92 Å². The summed E-state index contributed by atoms with van der Waals surface area (Å²) < 4.78 is 39.4. The van der Waals surface area contributed by atoms with Gasteiger partial charge >= 0.3 is 0 Å². The highest BCUT2D eigenvalue weighted by molar-refractivity contribution is 5.56. The van der Waals surface area contributed by atoms with Crippen molar-refractivity contribution in [3.8, 4) is 0 Å². The molecule has 1 aliphatic rings. The average Bonchev–Trinajstić information content (AvgIpc) is 2.06. The van der Waals surface area contributed by atoms with Gasteiger partial charge < -0.3 is 5.32 Å². The standard InChI is InChI=1S/C9H8F3N/c10-7-3-1-2-6-8(7)13-5-4-9(6,11)12/h1-3,13H,4-5H2. The molecular weight excluding hydrogens is 179 g/mol. The van der Waals surface area contributed by atoms with Gasteiger partial charge in [-0.25, -0.2) is 13.2 Å². The van der Waals surface area contributed by atoms with Gasteiger partial charge in [0.15, 0.2) is 0 Å². The summed E-state index contributed by atoms with van der Waals surface area (Å²) in [7, 11) is 0. The molecule has 1 N–H and O–H groups in total. The van der Waals surface area contributed by atoms with Crippen molar-refractivity contribution >= 4 is 5.69 Å². The summed E-state index contributed by atoms with van der Waals surface area (Å²) >= 11 is 0. The Morgan fingerprint density at radius 3 is 2.77 bits per heavy atom. The molecule has 1 nitrogen and oxygen atoms in total. The van der Waals surface area contributed by atoms with Crippen LogP contribution < -0.4 is 5.32 Å². The zero-order chi connectivity index (χ0) is 9.47. The van der Waals surface area contributed by atoms with Crippen LogP contribution in [0.2, 0.25) is 0 Å². The third-order valence-electron chi connectivity index (χ3n) is 2.15.